The Morgan fingerprint density at radius 3 is 2.19 bits per heavy atom. The van der Waals surface area contributed by atoms with Crippen molar-refractivity contribution >= 4 is 35.2 Å². The van der Waals surface area contributed by atoms with Gasteiger partial charge < -0.3 is 24.4 Å². The molecular formula is C42H49Cl2N3O5. The zero-order chi connectivity index (χ0) is 37.6. The first-order chi connectivity index (χ1) is 24.7. The molecule has 2 atom stereocenters. The van der Waals surface area contributed by atoms with Crippen molar-refractivity contribution in [2.24, 2.45) is 5.92 Å². The fraction of sp³-hybridized carbons (Fsp3) is 0.405. The number of carboxylic acid groups (broad SMARTS) is 1. The number of hydrogen-bond donors (Lipinski definition) is 1. The van der Waals surface area contributed by atoms with E-state index in [0.29, 0.717) is 34.5 Å². The molecule has 1 aliphatic carbocycles. The zero-order valence-electron chi connectivity index (χ0n) is 30.9. The number of benzene rings is 3. The molecule has 1 aliphatic rings. The second-order valence-corrected chi connectivity index (χ2v) is 15.5. The molecule has 1 aromatic heterocycles. The summed E-state index contributed by atoms with van der Waals surface area (Å²) in [4.78, 5) is 35.9. The van der Waals surface area contributed by atoms with Crippen LogP contribution in [0.3, 0.4) is 0 Å². The quantitative estimate of drug-likeness (QED) is 0.122. The number of carbonyl (C=O) groups is 2. The van der Waals surface area contributed by atoms with E-state index >= 15 is 4.79 Å². The molecule has 0 saturated heterocycles. The third-order valence-electron chi connectivity index (χ3n) is 9.76. The van der Waals surface area contributed by atoms with Crippen LogP contribution < -0.4 is 9.47 Å². The number of aryl methyl sites for hydroxylation is 2. The maximum absolute atomic E-state index is 15.1. The van der Waals surface area contributed by atoms with Crippen molar-refractivity contribution in [1.82, 2.24) is 14.8 Å². The Bertz CT molecular complexity index is 1820. The fourth-order valence-electron chi connectivity index (χ4n) is 6.54. The van der Waals surface area contributed by atoms with Gasteiger partial charge in [0.25, 0.3) is 0 Å². The third kappa shape index (κ3) is 9.98. The maximum Gasteiger partial charge on any atom is 0.407 e. The highest BCUT2D eigenvalue weighted by atomic mass is 35.5. The van der Waals surface area contributed by atoms with E-state index in [1.54, 1.807) is 18.3 Å². The topological polar surface area (TPSA) is 92.2 Å². The molecule has 5 rings (SSSR count). The van der Waals surface area contributed by atoms with E-state index < -0.39 is 17.6 Å². The molecule has 0 aliphatic heterocycles. The molecule has 52 heavy (non-hydrogen) atoms. The van der Waals surface area contributed by atoms with Crippen molar-refractivity contribution in [1.29, 1.82) is 0 Å². The van der Waals surface area contributed by atoms with Gasteiger partial charge in [0.2, 0.25) is 5.91 Å². The molecule has 1 saturated carbocycles. The van der Waals surface area contributed by atoms with Gasteiger partial charge in [-0.1, -0.05) is 59.6 Å². The molecule has 1 heterocycles. The van der Waals surface area contributed by atoms with Crippen molar-refractivity contribution in [3.05, 3.63) is 123 Å². The highest BCUT2D eigenvalue weighted by molar-refractivity contribution is 6.37. The fourth-order valence-corrected chi connectivity index (χ4v) is 7.25. The predicted molar refractivity (Wildman–Crippen MR) is 207 cm³/mol. The minimum atomic E-state index is -1.06. The van der Waals surface area contributed by atoms with Gasteiger partial charge in [0.1, 0.15) is 19.0 Å². The van der Waals surface area contributed by atoms with Crippen LogP contribution >= 0.6 is 23.2 Å². The Morgan fingerprint density at radius 1 is 0.923 bits per heavy atom. The van der Waals surface area contributed by atoms with E-state index in [-0.39, 0.29) is 37.6 Å². The van der Waals surface area contributed by atoms with Crippen LogP contribution in [-0.4, -0.2) is 63.2 Å². The van der Waals surface area contributed by atoms with Crippen LogP contribution in [0, 0.1) is 26.7 Å². The van der Waals surface area contributed by atoms with Crippen LogP contribution in [0.1, 0.15) is 73.0 Å². The molecule has 0 radical (unpaired) electrons. The Kier molecular flexibility index (Phi) is 12.8. The molecule has 0 bridgehead atoms. The summed E-state index contributed by atoms with van der Waals surface area (Å²) in [6, 6.07) is 23.3. The summed E-state index contributed by atoms with van der Waals surface area (Å²) < 4.78 is 11.8. The summed E-state index contributed by atoms with van der Waals surface area (Å²) in [5, 5.41) is 11.3. The van der Waals surface area contributed by atoms with Crippen LogP contribution in [0.25, 0.3) is 0 Å². The van der Waals surface area contributed by atoms with Crippen molar-refractivity contribution in [3.63, 3.8) is 0 Å². The number of ether oxygens (including phenoxy) is 2. The number of rotatable bonds is 15. The summed E-state index contributed by atoms with van der Waals surface area (Å²) in [6.07, 6.45) is 2.98. The van der Waals surface area contributed by atoms with Gasteiger partial charge in [0.15, 0.2) is 5.75 Å². The number of amides is 2. The molecule has 2 unspecified atom stereocenters. The summed E-state index contributed by atoms with van der Waals surface area (Å²) in [5.74, 6) is -0.0682. The normalized spacial score (nSPS) is 14.0. The van der Waals surface area contributed by atoms with Crippen LogP contribution in [0.15, 0.2) is 79.0 Å². The Hall–Kier alpha value is -4.27. The van der Waals surface area contributed by atoms with Gasteiger partial charge in [0, 0.05) is 42.5 Å². The summed E-state index contributed by atoms with van der Waals surface area (Å²) in [5.41, 5.74) is 5.36. The zero-order valence-corrected chi connectivity index (χ0v) is 32.4. The largest absolute Gasteiger partial charge is 0.490 e. The summed E-state index contributed by atoms with van der Waals surface area (Å²) >= 11 is 12.7. The van der Waals surface area contributed by atoms with Crippen molar-refractivity contribution < 1.29 is 24.2 Å². The molecule has 3 aromatic carbocycles. The van der Waals surface area contributed by atoms with Crippen LogP contribution in [-0.2, 0) is 17.8 Å². The van der Waals surface area contributed by atoms with Crippen LogP contribution in [0.5, 0.6) is 11.5 Å². The van der Waals surface area contributed by atoms with Crippen molar-refractivity contribution in [2.45, 2.75) is 84.8 Å². The smallest absolute Gasteiger partial charge is 0.407 e. The Balaban J connectivity index is 1.45. The Labute approximate surface area is 317 Å². The van der Waals surface area contributed by atoms with Gasteiger partial charge >= 0.3 is 6.09 Å². The molecule has 1 fully saturated rings. The number of halogens is 2. The van der Waals surface area contributed by atoms with Gasteiger partial charge in [-0.25, -0.2) is 4.79 Å². The molecule has 4 aromatic rings. The minimum Gasteiger partial charge on any atom is -0.490 e. The first-order valence-electron chi connectivity index (χ1n) is 17.8. The van der Waals surface area contributed by atoms with E-state index in [1.807, 2.05) is 81.1 Å². The molecule has 1 N–H and O–H groups in total. The summed E-state index contributed by atoms with van der Waals surface area (Å²) in [6.45, 7) is 12.7. The average Bonchev–Trinajstić information content (AvgIpc) is 3.93. The standard InChI is InChI=1S/C42H49Cl2N3O5/c1-27-22-37(43)39(38(44)23-27)52-21-20-51-34-17-13-30(14-18-34)35(24-32-12-7-8-19-45-32)36(26-47(41(49)50)42(4,5)6)40(48)46(33-15-16-33)25-31-11-9-10-28(2)29(31)3/h7-14,17-19,22-23,33,35-36H,15-16,20-21,24-26H2,1-6H3,(H,49,50). The SMILES string of the molecule is Cc1cc(Cl)c(OCCOc2ccc(C(Cc3ccccn3)C(CN(C(=O)O)C(C)(C)C)C(=O)N(Cc3cccc(C)c3C)C3CC3)cc2)c(Cl)c1. The predicted octanol–water partition coefficient (Wildman–Crippen LogP) is 9.68. The number of aromatic nitrogens is 1. The van der Waals surface area contributed by atoms with Crippen molar-refractivity contribution in [2.75, 3.05) is 19.8 Å². The van der Waals surface area contributed by atoms with E-state index in [4.69, 9.17) is 32.7 Å². The minimum absolute atomic E-state index is 0.0326. The average molecular weight is 747 g/mol. The molecule has 2 amide bonds. The lowest BCUT2D eigenvalue weighted by atomic mass is 9.80. The lowest BCUT2D eigenvalue weighted by Crippen LogP contribution is -2.52. The first kappa shape index (κ1) is 38.9. The Morgan fingerprint density at radius 2 is 1.60 bits per heavy atom. The van der Waals surface area contributed by atoms with E-state index in [0.717, 1.165) is 40.8 Å². The van der Waals surface area contributed by atoms with Gasteiger partial charge in [-0.2, -0.15) is 0 Å². The summed E-state index contributed by atoms with van der Waals surface area (Å²) in [7, 11) is 0. The van der Waals surface area contributed by atoms with Crippen molar-refractivity contribution in [3.8, 4) is 11.5 Å². The lowest BCUT2D eigenvalue weighted by Gasteiger charge is -2.39. The first-order valence-corrected chi connectivity index (χ1v) is 18.6. The van der Waals surface area contributed by atoms with E-state index in [9.17, 15) is 9.90 Å². The number of pyridine rings is 1. The van der Waals surface area contributed by atoms with Crippen LogP contribution in [0.2, 0.25) is 10.0 Å². The second kappa shape index (κ2) is 17.0. The van der Waals surface area contributed by atoms with Gasteiger partial charge in [0.05, 0.1) is 16.0 Å². The maximum atomic E-state index is 15.1. The third-order valence-corrected chi connectivity index (χ3v) is 10.3. The molecule has 0 spiro atoms. The lowest BCUT2D eigenvalue weighted by molar-refractivity contribution is -0.138. The second-order valence-electron chi connectivity index (χ2n) is 14.7. The monoisotopic (exact) mass is 745 g/mol. The number of nitrogens with zero attached hydrogens (tertiary/aromatic N) is 3. The number of hydrogen-bond acceptors (Lipinski definition) is 5. The van der Waals surface area contributed by atoms with Gasteiger partial charge in [-0.15, -0.1) is 0 Å². The van der Waals surface area contributed by atoms with Gasteiger partial charge in [-0.3, -0.25) is 9.78 Å². The molecule has 8 nitrogen and oxygen atoms in total. The highest BCUT2D eigenvalue weighted by Gasteiger charge is 2.42. The molecule has 276 valence electrons. The van der Waals surface area contributed by atoms with Gasteiger partial charge in [-0.05, 0) is 125 Å². The van der Waals surface area contributed by atoms with Crippen LogP contribution in [0.4, 0.5) is 4.79 Å². The van der Waals surface area contributed by atoms with E-state index in [1.165, 1.54) is 10.5 Å². The van der Waals surface area contributed by atoms with E-state index in [2.05, 4.69) is 31.0 Å². The highest BCUT2D eigenvalue weighted by Crippen LogP contribution is 2.38. The molecule has 10 heteroatoms. The molecular weight excluding hydrogens is 697 g/mol. The number of carbonyl (C=O) groups excluding carboxylic acids is 1.